The highest BCUT2D eigenvalue weighted by Gasteiger charge is 2.26. The number of aromatic nitrogens is 3. The maximum absolute atomic E-state index is 14.0. The molecule has 1 aliphatic rings. The summed E-state index contributed by atoms with van der Waals surface area (Å²) in [6.07, 6.45) is 1.37. The molecule has 4 rings (SSSR count). The molecule has 0 saturated heterocycles. The number of hydrogen-bond acceptors (Lipinski definition) is 3. The van der Waals surface area contributed by atoms with E-state index in [-0.39, 0.29) is 12.3 Å². The first kappa shape index (κ1) is 12.1. The van der Waals surface area contributed by atoms with Gasteiger partial charge in [-0.05, 0) is 11.6 Å². The van der Waals surface area contributed by atoms with Gasteiger partial charge in [0.05, 0.1) is 5.69 Å². The Morgan fingerprint density at radius 2 is 2.00 bits per heavy atom. The maximum atomic E-state index is 14.0. The molecule has 0 spiro atoms. The van der Waals surface area contributed by atoms with Gasteiger partial charge in [0.25, 0.3) is 0 Å². The number of fused-ring (bicyclic) bond motifs is 3. The van der Waals surface area contributed by atoms with Crippen LogP contribution >= 0.6 is 0 Å². The molecule has 0 bridgehead atoms. The fourth-order valence-electron chi connectivity index (χ4n) is 2.56. The average Bonchev–Trinajstić information content (AvgIpc) is 2.84. The molecule has 0 saturated carbocycles. The van der Waals surface area contributed by atoms with Crippen LogP contribution < -0.4 is 10.3 Å². The van der Waals surface area contributed by atoms with Crippen molar-refractivity contribution in [1.29, 1.82) is 0 Å². The van der Waals surface area contributed by atoms with Crippen LogP contribution in [0.1, 0.15) is 0 Å². The normalized spacial score (nSPS) is 12.4. The molecule has 0 fully saturated rings. The van der Waals surface area contributed by atoms with Crippen LogP contribution in [0, 0.1) is 5.95 Å². The largest absolute Gasteiger partial charge is 0.472 e. The van der Waals surface area contributed by atoms with Crippen LogP contribution in [0.2, 0.25) is 0 Å². The Labute approximate surface area is 121 Å². The quantitative estimate of drug-likeness (QED) is 0.503. The first-order chi connectivity index (χ1) is 10.3. The van der Waals surface area contributed by atoms with E-state index in [2.05, 4.69) is 9.97 Å². The van der Waals surface area contributed by atoms with Crippen LogP contribution in [-0.2, 0) is 6.73 Å². The van der Waals surface area contributed by atoms with Gasteiger partial charge >= 0.3 is 0 Å². The van der Waals surface area contributed by atoms with Crippen LogP contribution in [0.5, 0.6) is 5.75 Å². The van der Waals surface area contributed by atoms with Crippen LogP contribution in [0.3, 0.4) is 0 Å². The van der Waals surface area contributed by atoms with Gasteiger partial charge in [-0.15, -0.1) is 0 Å². The Balaban J connectivity index is 1.99. The van der Waals surface area contributed by atoms with Gasteiger partial charge in [-0.25, -0.2) is 9.97 Å². The minimum Gasteiger partial charge on any atom is -0.472 e. The van der Waals surface area contributed by atoms with Gasteiger partial charge in [0.15, 0.2) is 12.6 Å². The molecule has 1 aliphatic heterocycles. The summed E-state index contributed by atoms with van der Waals surface area (Å²) in [5, 5.41) is 0. The Morgan fingerprint density at radius 1 is 1.19 bits per heavy atom. The number of nitrogens with zero attached hydrogens (tertiary/aromatic N) is 3. The molecule has 21 heavy (non-hydrogen) atoms. The second-order valence-corrected chi connectivity index (χ2v) is 4.71. The van der Waals surface area contributed by atoms with Crippen molar-refractivity contribution in [1.82, 2.24) is 14.5 Å². The van der Waals surface area contributed by atoms with Crippen LogP contribution in [0.15, 0.2) is 42.6 Å². The molecule has 1 aromatic carbocycles. The third-order valence-corrected chi connectivity index (χ3v) is 3.48. The maximum Gasteiger partial charge on any atom is 0.227 e. The van der Waals surface area contributed by atoms with Gasteiger partial charge in [-0.3, -0.25) is 4.57 Å². The number of benzene rings is 1. The van der Waals surface area contributed by atoms with E-state index in [1.165, 1.54) is 6.20 Å². The molecule has 0 aliphatic carbocycles. The summed E-state index contributed by atoms with van der Waals surface area (Å²) >= 11 is 0. The predicted octanol–water partition coefficient (Wildman–Crippen LogP) is 1.89. The van der Waals surface area contributed by atoms with E-state index < -0.39 is 5.95 Å². The monoisotopic (exact) mass is 277 g/mol. The second-order valence-electron chi connectivity index (χ2n) is 4.71. The Morgan fingerprint density at radius 3 is 2.81 bits per heavy atom. The van der Waals surface area contributed by atoms with E-state index in [4.69, 9.17) is 12.6 Å². The van der Waals surface area contributed by atoms with Gasteiger partial charge in [0.2, 0.25) is 5.95 Å². The van der Waals surface area contributed by atoms with Crippen LogP contribution in [0.4, 0.5) is 4.39 Å². The van der Waals surface area contributed by atoms with E-state index in [0.29, 0.717) is 17.2 Å². The van der Waals surface area contributed by atoms with E-state index in [1.54, 1.807) is 10.6 Å². The minimum absolute atomic E-state index is 0.236. The molecule has 2 aromatic heterocycles. The molecule has 0 N–H and O–H groups in total. The Hall–Kier alpha value is -2.63. The first-order valence-electron chi connectivity index (χ1n) is 6.45. The van der Waals surface area contributed by atoms with Crippen molar-refractivity contribution in [2.45, 2.75) is 6.73 Å². The number of hydrogen-bond donors (Lipinski definition) is 0. The zero-order valence-corrected chi connectivity index (χ0v) is 11.0. The highest BCUT2D eigenvalue weighted by atomic mass is 19.1. The van der Waals surface area contributed by atoms with Crippen molar-refractivity contribution in [3.63, 3.8) is 0 Å². The highest BCUT2D eigenvalue weighted by molar-refractivity contribution is 6.34. The third-order valence-electron chi connectivity index (χ3n) is 3.48. The molecule has 4 nitrogen and oxygen atoms in total. The molecular weight excluding hydrogens is 268 g/mol. The van der Waals surface area contributed by atoms with Crippen molar-refractivity contribution in [2.24, 2.45) is 0 Å². The lowest BCUT2D eigenvalue weighted by atomic mass is 9.98. The summed E-state index contributed by atoms with van der Waals surface area (Å²) in [4.78, 5) is 7.97. The molecular formula is C15H9BFN3O. The van der Waals surface area contributed by atoms with Crippen LogP contribution in [-0.4, -0.2) is 22.4 Å². The fraction of sp³-hybridized carbons (Fsp3) is 0.0667. The smallest absolute Gasteiger partial charge is 0.227 e. The van der Waals surface area contributed by atoms with Crippen LogP contribution in [0.25, 0.3) is 22.6 Å². The lowest BCUT2D eigenvalue weighted by molar-refractivity contribution is 0.229. The summed E-state index contributed by atoms with van der Waals surface area (Å²) in [6, 6.07) is 11.2. The summed E-state index contributed by atoms with van der Waals surface area (Å²) < 4.78 is 21.4. The summed E-state index contributed by atoms with van der Waals surface area (Å²) in [5.74, 6) is 0.260. The number of pyridine rings is 1. The van der Waals surface area contributed by atoms with Gasteiger partial charge in [0, 0.05) is 11.8 Å². The number of halogens is 1. The molecule has 0 amide bonds. The molecule has 3 heterocycles. The molecule has 6 heteroatoms. The van der Waals surface area contributed by atoms with Crippen molar-refractivity contribution >= 4 is 13.4 Å². The van der Waals surface area contributed by atoms with Gasteiger partial charge < -0.3 is 4.74 Å². The highest BCUT2D eigenvalue weighted by Crippen LogP contribution is 2.36. The fourth-order valence-corrected chi connectivity index (χ4v) is 2.56. The standard InChI is InChI=1S/C15H9BFN3O/c16-13-12(9-4-2-1-3-5-9)20-8-21-10-6-7-18-14(17)11(10)15(20)19-13/h1-7H,8H2. The lowest BCUT2D eigenvalue weighted by Crippen LogP contribution is -2.16. The first-order valence-corrected chi connectivity index (χ1v) is 6.45. The van der Waals surface area contributed by atoms with E-state index in [1.807, 2.05) is 30.3 Å². The summed E-state index contributed by atoms with van der Waals surface area (Å²) in [7, 11) is 6.03. The summed E-state index contributed by atoms with van der Waals surface area (Å²) in [5.41, 5.74) is 2.22. The van der Waals surface area contributed by atoms with Gasteiger partial charge in [-0.2, -0.15) is 4.39 Å². The van der Waals surface area contributed by atoms with Crippen molar-refractivity contribution < 1.29 is 9.13 Å². The Bertz CT molecular complexity index is 832. The topological polar surface area (TPSA) is 39.9 Å². The third kappa shape index (κ3) is 1.76. The number of rotatable bonds is 1. The second kappa shape index (κ2) is 4.44. The summed E-state index contributed by atoms with van der Waals surface area (Å²) in [6.45, 7) is 0.236. The van der Waals surface area contributed by atoms with Gasteiger partial charge in [-0.1, -0.05) is 30.3 Å². The predicted molar refractivity (Wildman–Crippen MR) is 76.9 cm³/mol. The molecule has 3 aromatic rings. The lowest BCUT2D eigenvalue weighted by Gasteiger charge is -2.20. The Kier molecular flexibility index (Phi) is 2.57. The molecule has 0 unspecified atom stereocenters. The van der Waals surface area contributed by atoms with Crippen molar-refractivity contribution in [3.05, 3.63) is 48.5 Å². The zero-order valence-electron chi connectivity index (χ0n) is 11.0. The van der Waals surface area contributed by atoms with E-state index in [0.717, 1.165) is 11.3 Å². The van der Waals surface area contributed by atoms with E-state index >= 15 is 0 Å². The van der Waals surface area contributed by atoms with Crippen molar-refractivity contribution in [3.8, 4) is 28.4 Å². The van der Waals surface area contributed by atoms with E-state index in [9.17, 15) is 4.39 Å². The molecule has 0 atom stereocenters. The minimum atomic E-state index is -0.613. The molecule has 2 radical (unpaired) electrons. The average molecular weight is 277 g/mol. The van der Waals surface area contributed by atoms with Gasteiger partial charge in [0.1, 0.15) is 19.2 Å². The number of ether oxygens (including phenoxy) is 1. The number of imidazole rings is 1. The zero-order chi connectivity index (χ0) is 14.4. The SMILES string of the molecule is [B]c1nc2n(c1-c1ccccc1)COc1ccnc(F)c1-2. The molecule has 100 valence electrons. The van der Waals surface area contributed by atoms with Crippen molar-refractivity contribution in [2.75, 3.05) is 0 Å².